The summed E-state index contributed by atoms with van der Waals surface area (Å²) in [5.41, 5.74) is 1.33. The highest BCUT2D eigenvalue weighted by Gasteiger charge is 2.21. The summed E-state index contributed by atoms with van der Waals surface area (Å²) in [4.78, 5) is 9.36. The molecule has 0 spiro atoms. The Morgan fingerprint density at radius 1 is 1.00 bits per heavy atom. The van der Waals surface area contributed by atoms with Crippen molar-refractivity contribution in [3.8, 4) is 0 Å². The number of aliphatic imine (C=N–C) groups is 1. The fourth-order valence-corrected chi connectivity index (χ4v) is 3.48. The minimum absolute atomic E-state index is 0.478. The second-order valence-electron chi connectivity index (χ2n) is 7.01. The van der Waals surface area contributed by atoms with Crippen LogP contribution in [0.1, 0.15) is 6.92 Å². The standard InChI is InChI=1S/C21H32N6/c1-19(18-24-21(22-2)23-10-13-25-11-6-7-12-25)26-14-16-27(17-15-26)20-8-4-3-5-9-20/h3-9,11-12,19H,10,13-18H2,1-2H3,(H2,22,23,24). The smallest absolute Gasteiger partial charge is 0.191 e. The SMILES string of the molecule is CN=C(NCCn1cccc1)NCC(C)N1CCN(c2ccccc2)CC1. The Morgan fingerprint density at radius 3 is 2.37 bits per heavy atom. The molecule has 27 heavy (non-hydrogen) atoms. The van der Waals surface area contributed by atoms with Crippen LogP contribution in [0.15, 0.2) is 59.9 Å². The zero-order valence-electron chi connectivity index (χ0n) is 16.5. The number of hydrogen-bond donors (Lipinski definition) is 2. The second kappa shape index (κ2) is 10.0. The molecule has 1 aromatic carbocycles. The lowest BCUT2D eigenvalue weighted by molar-refractivity contribution is 0.197. The maximum Gasteiger partial charge on any atom is 0.191 e. The molecule has 2 aromatic rings. The van der Waals surface area contributed by atoms with E-state index in [4.69, 9.17) is 0 Å². The number of guanidine groups is 1. The summed E-state index contributed by atoms with van der Waals surface area (Å²) in [6.07, 6.45) is 4.16. The molecule has 6 nitrogen and oxygen atoms in total. The van der Waals surface area contributed by atoms with Crippen molar-refractivity contribution in [2.45, 2.75) is 19.5 Å². The molecule has 1 fully saturated rings. The number of benzene rings is 1. The first-order chi connectivity index (χ1) is 13.3. The van der Waals surface area contributed by atoms with E-state index in [9.17, 15) is 0 Å². The molecular weight excluding hydrogens is 336 g/mol. The van der Waals surface area contributed by atoms with Crippen LogP contribution in [-0.2, 0) is 6.54 Å². The Labute approximate surface area is 162 Å². The number of nitrogens with one attached hydrogen (secondary N) is 2. The van der Waals surface area contributed by atoms with Gasteiger partial charge in [0.05, 0.1) is 0 Å². The molecule has 1 atom stereocenters. The molecule has 2 heterocycles. The average Bonchev–Trinajstić information content (AvgIpc) is 3.24. The van der Waals surface area contributed by atoms with Crippen LogP contribution in [0, 0.1) is 0 Å². The fourth-order valence-electron chi connectivity index (χ4n) is 3.48. The summed E-state index contributed by atoms with van der Waals surface area (Å²) in [6.45, 7) is 9.33. The lowest BCUT2D eigenvalue weighted by Gasteiger charge is -2.39. The van der Waals surface area contributed by atoms with E-state index in [1.165, 1.54) is 5.69 Å². The molecule has 6 heteroatoms. The molecule has 0 radical (unpaired) electrons. The molecule has 3 rings (SSSR count). The second-order valence-corrected chi connectivity index (χ2v) is 7.01. The van der Waals surface area contributed by atoms with Crippen LogP contribution in [0.3, 0.4) is 0 Å². The molecule has 1 aliphatic heterocycles. The van der Waals surface area contributed by atoms with Crippen LogP contribution >= 0.6 is 0 Å². The van der Waals surface area contributed by atoms with Gasteiger partial charge in [-0.1, -0.05) is 18.2 Å². The van der Waals surface area contributed by atoms with Crippen LogP contribution < -0.4 is 15.5 Å². The lowest BCUT2D eigenvalue weighted by atomic mass is 10.2. The first kappa shape index (κ1) is 19.3. The first-order valence-corrected chi connectivity index (χ1v) is 9.85. The first-order valence-electron chi connectivity index (χ1n) is 9.85. The highest BCUT2D eigenvalue weighted by molar-refractivity contribution is 5.79. The lowest BCUT2D eigenvalue weighted by Crippen LogP contribution is -2.53. The minimum atomic E-state index is 0.478. The van der Waals surface area contributed by atoms with Gasteiger partial charge < -0.3 is 20.1 Å². The van der Waals surface area contributed by atoms with Gasteiger partial charge in [-0.3, -0.25) is 9.89 Å². The molecular formula is C21H32N6. The molecule has 0 saturated carbocycles. The van der Waals surface area contributed by atoms with Crippen molar-refractivity contribution in [1.29, 1.82) is 0 Å². The minimum Gasteiger partial charge on any atom is -0.369 e. The molecule has 1 aliphatic rings. The number of nitrogens with zero attached hydrogens (tertiary/aromatic N) is 4. The predicted molar refractivity (Wildman–Crippen MR) is 113 cm³/mol. The number of para-hydroxylation sites is 1. The maximum atomic E-state index is 4.33. The van der Waals surface area contributed by atoms with E-state index in [1.807, 2.05) is 19.2 Å². The van der Waals surface area contributed by atoms with Crippen molar-refractivity contribution in [2.24, 2.45) is 4.99 Å². The molecule has 1 unspecified atom stereocenters. The summed E-state index contributed by atoms with van der Waals surface area (Å²) >= 11 is 0. The van der Waals surface area contributed by atoms with Gasteiger partial charge in [-0.05, 0) is 31.2 Å². The Kier molecular flexibility index (Phi) is 7.16. The highest BCUT2D eigenvalue weighted by Crippen LogP contribution is 2.16. The zero-order valence-corrected chi connectivity index (χ0v) is 16.5. The molecule has 1 aromatic heterocycles. The summed E-state index contributed by atoms with van der Waals surface area (Å²) in [7, 11) is 1.83. The van der Waals surface area contributed by atoms with Crippen molar-refractivity contribution in [3.05, 3.63) is 54.9 Å². The summed E-state index contributed by atoms with van der Waals surface area (Å²) in [5, 5.41) is 6.85. The summed E-state index contributed by atoms with van der Waals surface area (Å²) < 4.78 is 2.16. The molecule has 0 bridgehead atoms. The Hall–Kier alpha value is -2.47. The van der Waals surface area contributed by atoms with Gasteiger partial charge in [-0.2, -0.15) is 0 Å². The number of hydrogen-bond acceptors (Lipinski definition) is 3. The largest absolute Gasteiger partial charge is 0.369 e. The fraction of sp³-hybridized carbons (Fsp3) is 0.476. The Bertz CT molecular complexity index is 674. The van der Waals surface area contributed by atoms with Crippen LogP contribution in [0.25, 0.3) is 0 Å². The molecule has 146 valence electrons. The predicted octanol–water partition coefficient (Wildman–Crippen LogP) is 1.86. The van der Waals surface area contributed by atoms with Gasteiger partial charge in [0.1, 0.15) is 0 Å². The maximum absolute atomic E-state index is 4.33. The van der Waals surface area contributed by atoms with Crippen molar-refractivity contribution in [2.75, 3.05) is 51.2 Å². The molecule has 0 amide bonds. The van der Waals surface area contributed by atoms with Gasteiger partial charge in [0.15, 0.2) is 5.96 Å². The van der Waals surface area contributed by atoms with E-state index in [0.29, 0.717) is 6.04 Å². The van der Waals surface area contributed by atoms with Crippen LogP contribution in [0.2, 0.25) is 0 Å². The normalized spacial score (nSPS) is 17.0. The number of anilines is 1. The highest BCUT2D eigenvalue weighted by atomic mass is 15.3. The van der Waals surface area contributed by atoms with E-state index in [0.717, 1.165) is 51.8 Å². The molecule has 0 aliphatic carbocycles. The topological polar surface area (TPSA) is 47.8 Å². The van der Waals surface area contributed by atoms with Gasteiger partial charge in [0.25, 0.3) is 0 Å². The van der Waals surface area contributed by atoms with Gasteiger partial charge in [-0.15, -0.1) is 0 Å². The van der Waals surface area contributed by atoms with E-state index >= 15 is 0 Å². The third-order valence-electron chi connectivity index (χ3n) is 5.18. The Morgan fingerprint density at radius 2 is 1.70 bits per heavy atom. The van der Waals surface area contributed by atoms with Gasteiger partial charge in [-0.25, -0.2) is 0 Å². The van der Waals surface area contributed by atoms with Crippen molar-refractivity contribution in [3.63, 3.8) is 0 Å². The monoisotopic (exact) mass is 368 g/mol. The summed E-state index contributed by atoms with van der Waals surface area (Å²) in [6, 6.07) is 15.3. The number of rotatable bonds is 7. The molecule has 1 saturated heterocycles. The molecule has 2 N–H and O–H groups in total. The van der Waals surface area contributed by atoms with Crippen molar-refractivity contribution < 1.29 is 0 Å². The zero-order chi connectivity index (χ0) is 18.9. The van der Waals surface area contributed by atoms with Crippen molar-refractivity contribution in [1.82, 2.24) is 20.1 Å². The number of piperazine rings is 1. The van der Waals surface area contributed by atoms with Crippen molar-refractivity contribution >= 4 is 11.6 Å². The van der Waals surface area contributed by atoms with Crippen LogP contribution in [0.4, 0.5) is 5.69 Å². The van der Waals surface area contributed by atoms with Crippen LogP contribution in [-0.4, -0.2) is 67.8 Å². The van der Waals surface area contributed by atoms with Crippen LogP contribution in [0.5, 0.6) is 0 Å². The third-order valence-corrected chi connectivity index (χ3v) is 5.18. The van der Waals surface area contributed by atoms with E-state index in [2.05, 4.69) is 79.6 Å². The van der Waals surface area contributed by atoms with E-state index in [1.54, 1.807) is 0 Å². The van der Waals surface area contributed by atoms with Gasteiger partial charge >= 0.3 is 0 Å². The Balaban J connectivity index is 1.36. The van der Waals surface area contributed by atoms with Gasteiger partial charge in [0, 0.05) is 77.0 Å². The third kappa shape index (κ3) is 5.76. The summed E-state index contributed by atoms with van der Waals surface area (Å²) in [5.74, 6) is 0.872. The quantitative estimate of drug-likeness (QED) is 0.579. The van der Waals surface area contributed by atoms with E-state index < -0.39 is 0 Å². The van der Waals surface area contributed by atoms with E-state index in [-0.39, 0.29) is 0 Å². The average molecular weight is 369 g/mol. The number of aromatic nitrogens is 1. The van der Waals surface area contributed by atoms with Gasteiger partial charge in [0.2, 0.25) is 0 Å².